The van der Waals surface area contributed by atoms with Gasteiger partial charge in [-0.1, -0.05) is 28.1 Å². The molecular formula is C14H16BrN3. The standard InChI is InChI=1S/C14H16BrN3/c1-8-4-5-11(6-13(8)15)14-17-9(2)12(7-16)10(3)18-14/h4-6H,7,16H2,1-3H3. The van der Waals surface area contributed by atoms with Crippen molar-refractivity contribution in [1.82, 2.24) is 9.97 Å². The molecule has 1 heterocycles. The number of nitrogens with two attached hydrogens (primary N) is 1. The Kier molecular flexibility index (Phi) is 3.78. The Labute approximate surface area is 116 Å². The van der Waals surface area contributed by atoms with Crippen LogP contribution in [0.5, 0.6) is 0 Å². The van der Waals surface area contributed by atoms with E-state index in [0.29, 0.717) is 6.54 Å². The van der Waals surface area contributed by atoms with Gasteiger partial charge in [0.25, 0.3) is 0 Å². The molecule has 0 atom stereocenters. The maximum absolute atomic E-state index is 5.70. The Morgan fingerprint density at radius 1 is 1.11 bits per heavy atom. The van der Waals surface area contributed by atoms with Crippen molar-refractivity contribution < 1.29 is 0 Å². The molecule has 2 aromatic rings. The van der Waals surface area contributed by atoms with Gasteiger partial charge in [0.1, 0.15) is 0 Å². The van der Waals surface area contributed by atoms with Gasteiger partial charge in [-0.3, -0.25) is 0 Å². The van der Waals surface area contributed by atoms with Crippen molar-refractivity contribution in [2.45, 2.75) is 27.3 Å². The van der Waals surface area contributed by atoms with Crippen LogP contribution in [0.1, 0.15) is 22.5 Å². The van der Waals surface area contributed by atoms with Gasteiger partial charge >= 0.3 is 0 Å². The number of nitrogens with zero attached hydrogens (tertiary/aromatic N) is 2. The maximum Gasteiger partial charge on any atom is 0.159 e. The van der Waals surface area contributed by atoms with Crippen LogP contribution in [0.15, 0.2) is 22.7 Å². The fourth-order valence-electron chi connectivity index (χ4n) is 1.90. The quantitative estimate of drug-likeness (QED) is 0.926. The molecule has 3 nitrogen and oxygen atoms in total. The number of aromatic nitrogens is 2. The lowest BCUT2D eigenvalue weighted by molar-refractivity contribution is 0.939. The maximum atomic E-state index is 5.70. The summed E-state index contributed by atoms with van der Waals surface area (Å²) in [6, 6.07) is 6.15. The first kappa shape index (κ1) is 13.2. The van der Waals surface area contributed by atoms with Crippen molar-refractivity contribution in [3.8, 4) is 11.4 Å². The summed E-state index contributed by atoms with van der Waals surface area (Å²) in [5.74, 6) is 0.753. The van der Waals surface area contributed by atoms with Gasteiger partial charge in [0.05, 0.1) is 0 Å². The number of rotatable bonds is 2. The average molecular weight is 306 g/mol. The summed E-state index contributed by atoms with van der Waals surface area (Å²) in [4.78, 5) is 9.07. The third-order valence-corrected chi connectivity index (χ3v) is 3.91. The monoisotopic (exact) mass is 305 g/mol. The predicted molar refractivity (Wildman–Crippen MR) is 77.3 cm³/mol. The van der Waals surface area contributed by atoms with E-state index in [1.807, 2.05) is 26.0 Å². The molecule has 0 saturated carbocycles. The normalized spacial score (nSPS) is 10.7. The molecule has 2 N–H and O–H groups in total. The smallest absolute Gasteiger partial charge is 0.159 e. The molecule has 1 aromatic heterocycles. The van der Waals surface area contributed by atoms with Crippen LogP contribution in [0.2, 0.25) is 0 Å². The third-order valence-electron chi connectivity index (χ3n) is 3.05. The molecule has 0 amide bonds. The van der Waals surface area contributed by atoms with E-state index in [1.54, 1.807) is 0 Å². The first-order chi connectivity index (χ1) is 8.52. The third kappa shape index (κ3) is 2.44. The van der Waals surface area contributed by atoms with Crippen LogP contribution >= 0.6 is 15.9 Å². The van der Waals surface area contributed by atoms with E-state index in [2.05, 4.69) is 38.9 Å². The van der Waals surface area contributed by atoms with E-state index in [4.69, 9.17) is 5.73 Å². The number of hydrogen-bond donors (Lipinski definition) is 1. The van der Waals surface area contributed by atoms with Crippen molar-refractivity contribution in [3.05, 3.63) is 45.2 Å². The van der Waals surface area contributed by atoms with Gasteiger partial charge in [-0.15, -0.1) is 0 Å². The van der Waals surface area contributed by atoms with E-state index in [0.717, 1.165) is 32.8 Å². The van der Waals surface area contributed by atoms with E-state index in [9.17, 15) is 0 Å². The first-order valence-corrected chi connectivity index (χ1v) is 6.63. The van der Waals surface area contributed by atoms with Crippen molar-refractivity contribution >= 4 is 15.9 Å². The topological polar surface area (TPSA) is 51.8 Å². The van der Waals surface area contributed by atoms with Crippen LogP contribution in [0, 0.1) is 20.8 Å². The van der Waals surface area contributed by atoms with Crippen molar-refractivity contribution in [3.63, 3.8) is 0 Å². The summed E-state index contributed by atoms with van der Waals surface area (Å²) < 4.78 is 1.07. The van der Waals surface area contributed by atoms with Crippen LogP contribution in [0.25, 0.3) is 11.4 Å². The molecule has 0 bridgehead atoms. The fourth-order valence-corrected chi connectivity index (χ4v) is 2.27. The van der Waals surface area contributed by atoms with Crippen molar-refractivity contribution in [2.24, 2.45) is 5.73 Å². The van der Waals surface area contributed by atoms with Gasteiger partial charge in [-0.2, -0.15) is 0 Å². The summed E-state index contributed by atoms with van der Waals surface area (Å²) in [6.45, 7) is 6.49. The molecule has 94 valence electrons. The zero-order valence-corrected chi connectivity index (χ0v) is 12.4. The van der Waals surface area contributed by atoms with Gasteiger partial charge in [-0.25, -0.2) is 9.97 Å². The highest BCUT2D eigenvalue weighted by molar-refractivity contribution is 9.10. The van der Waals surface area contributed by atoms with Crippen LogP contribution < -0.4 is 5.73 Å². The summed E-state index contributed by atoms with van der Waals surface area (Å²) >= 11 is 3.53. The lowest BCUT2D eigenvalue weighted by Gasteiger charge is -2.09. The molecule has 0 aliphatic carbocycles. The molecule has 0 aliphatic heterocycles. The Morgan fingerprint density at radius 2 is 1.72 bits per heavy atom. The summed E-state index contributed by atoms with van der Waals surface area (Å²) in [6.07, 6.45) is 0. The Hall–Kier alpha value is -1.26. The fraction of sp³-hybridized carbons (Fsp3) is 0.286. The minimum absolute atomic E-state index is 0.482. The van der Waals surface area contributed by atoms with E-state index in [-0.39, 0.29) is 0 Å². The Balaban J connectivity index is 2.54. The van der Waals surface area contributed by atoms with Gasteiger partial charge < -0.3 is 5.73 Å². The largest absolute Gasteiger partial charge is 0.326 e. The zero-order valence-electron chi connectivity index (χ0n) is 10.8. The highest BCUT2D eigenvalue weighted by Crippen LogP contribution is 2.24. The molecule has 0 spiro atoms. The van der Waals surface area contributed by atoms with Gasteiger partial charge in [0, 0.05) is 33.5 Å². The second kappa shape index (κ2) is 5.16. The molecule has 0 saturated heterocycles. The van der Waals surface area contributed by atoms with Gasteiger partial charge in [0.2, 0.25) is 0 Å². The predicted octanol–water partition coefficient (Wildman–Crippen LogP) is 3.29. The zero-order chi connectivity index (χ0) is 13.3. The number of hydrogen-bond acceptors (Lipinski definition) is 3. The summed E-state index contributed by atoms with van der Waals surface area (Å²) in [5, 5.41) is 0. The minimum Gasteiger partial charge on any atom is -0.326 e. The molecular weight excluding hydrogens is 290 g/mol. The van der Waals surface area contributed by atoms with Gasteiger partial charge in [-0.05, 0) is 32.4 Å². The minimum atomic E-state index is 0.482. The molecule has 1 aromatic carbocycles. The average Bonchev–Trinajstić information content (AvgIpc) is 2.32. The Morgan fingerprint density at radius 3 is 2.22 bits per heavy atom. The molecule has 0 radical (unpaired) electrons. The SMILES string of the molecule is Cc1ccc(-c2nc(C)c(CN)c(C)n2)cc1Br. The van der Waals surface area contributed by atoms with Crippen LogP contribution in [-0.2, 0) is 6.54 Å². The van der Waals surface area contributed by atoms with Gasteiger partial charge in [0.15, 0.2) is 5.82 Å². The molecule has 2 rings (SSSR count). The highest BCUT2D eigenvalue weighted by Gasteiger charge is 2.09. The highest BCUT2D eigenvalue weighted by atomic mass is 79.9. The molecule has 0 fully saturated rings. The Bertz CT molecular complexity index is 571. The van der Waals surface area contributed by atoms with E-state index < -0.39 is 0 Å². The molecule has 0 aliphatic rings. The molecule has 0 unspecified atom stereocenters. The second-order valence-corrected chi connectivity index (χ2v) is 5.22. The number of benzene rings is 1. The van der Waals surface area contributed by atoms with Crippen LogP contribution in [0.3, 0.4) is 0 Å². The second-order valence-electron chi connectivity index (χ2n) is 4.36. The lowest BCUT2D eigenvalue weighted by Crippen LogP contribution is -2.07. The number of halogens is 1. The lowest BCUT2D eigenvalue weighted by atomic mass is 10.1. The van der Waals surface area contributed by atoms with E-state index in [1.165, 1.54) is 5.56 Å². The van der Waals surface area contributed by atoms with Crippen LogP contribution in [0.4, 0.5) is 0 Å². The summed E-state index contributed by atoms with van der Waals surface area (Å²) in [5.41, 5.74) is 10.9. The molecule has 18 heavy (non-hydrogen) atoms. The van der Waals surface area contributed by atoms with Crippen LogP contribution in [-0.4, -0.2) is 9.97 Å². The first-order valence-electron chi connectivity index (χ1n) is 5.83. The van der Waals surface area contributed by atoms with E-state index >= 15 is 0 Å². The molecule has 4 heteroatoms. The van der Waals surface area contributed by atoms with Crippen molar-refractivity contribution in [1.29, 1.82) is 0 Å². The number of aryl methyl sites for hydroxylation is 3. The van der Waals surface area contributed by atoms with Crippen molar-refractivity contribution in [2.75, 3.05) is 0 Å². The summed E-state index contributed by atoms with van der Waals surface area (Å²) in [7, 11) is 0.